The Kier molecular flexibility index (Phi) is 5.09. The van der Waals surface area contributed by atoms with Crippen LogP contribution >= 0.6 is 11.3 Å². The molecule has 0 spiro atoms. The lowest BCUT2D eigenvalue weighted by Gasteiger charge is -2.13. The van der Waals surface area contributed by atoms with Crippen LogP contribution in [0.4, 0.5) is 0 Å². The van der Waals surface area contributed by atoms with Crippen molar-refractivity contribution >= 4 is 33.3 Å². The zero-order valence-electron chi connectivity index (χ0n) is 13.9. The van der Waals surface area contributed by atoms with Crippen LogP contribution in [0, 0.1) is 0 Å². The quantitative estimate of drug-likeness (QED) is 0.491. The Morgan fingerprint density at radius 2 is 1.84 bits per heavy atom. The first-order valence-corrected chi connectivity index (χ1v) is 8.77. The van der Waals surface area contributed by atoms with Crippen LogP contribution in [0.5, 0.6) is 5.75 Å². The molecule has 1 atom stereocenters. The molecule has 2 aromatic carbocycles. The van der Waals surface area contributed by atoms with Crippen molar-refractivity contribution in [1.29, 1.82) is 0 Å². The molecular formula is C19H17NO4S. The molecule has 0 fully saturated rings. The zero-order chi connectivity index (χ0) is 17.8. The van der Waals surface area contributed by atoms with E-state index in [2.05, 4.69) is 4.98 Å². The number of benzene rings is 2. The standard InChI is InChI=1S/C19H17NO4S/c1-3-23-15-7-4-13(5-8-15)18(21)12(2)24-19(22)14-6-9-16-17(10-14)25-11-20-16/h4-12H,3H2,1-2H3/t12-/m0/s1. The average Bonchev–Trinajstić information content (AvgIpc) is 3.09. The van der Waals surface area contributed by atoms with E-state index in [0.29, 0.717) is 23.5 Å². The largest absolute Gasteiger partial charge is 0.494 e. The van der Waals surface area contributed by atoms with E-state index in [-0.39, 0.29) is 5.78 Å². The molecule has 5 nitrogen and oxygen atoms in total. The maximum atomic E-state index is 12.4. The predicted octanol–water partition coefficient (Wildman–Crippen LogP) is 4.12. The maximum absolute atomic E-state index is 12.4. The van der Waals surface area contributed by atoms with Gasteiger partial charge in [0.15, 0.2) is 6.10 Å². The molecule has 128 valence electrons. The number of hydrogen-bond donors (Lipinski definition) is 0. The highest BCUT2D eigenvalue weighted by Gasteiger charge is 2.20. The number of hydrogen-bond acceptors (Lipinski definition) is 6. The van der Waals surface area contributed by atoms with Crippen LogP contribution in [0.15, 0.2) is 48.0 Å². The number of esters is 1. The third-order valence-corrected chi connectivity index (χ3v) is 4.46. The lowest BCUT2D eigenvalue weighted by molar-refractivity contribution is 0.0319. The van der Waals surface area contributed by atoms with Crippen LogP contribution in [0.3, 0.4) is 0 Å². The fraction of sp³-hybridized carbons (Fsp3) is 0.211. The number of rotatable bonds is 6. The normalized spacial score (nSPS) is 11.9. The number of thiazole rings is 1. The molecule has 0 amide bonds. The van der Waals surface area contributed by atoms with Crippen LogP contribution in [0.25, 0.3) is 10.2 Å². The fourth-order valence-corrected chi connectivity index (χ4v) is 3.10. The van der Waals surface area contributed by atoms with Crippen molar-refractivity contribution in [3.05, 3.63) is 59.1 Å². The van der Waals surface area contributed by atoms with Crippen molar-refractivity contribution < 1.29 is 19.1 Å². The van der Waals surface area contributed by atoms with Crippen LogP contribution in [-0.2, 0) is 4.74 Å². The molecule has 0 radical (unpaired) electrons. The van der Waals surface area contributed by atoms with Crippen LogP contribution in [0.1, 0.15) is 34.6 Å². The van der Waals surface area contributed by atoms with E-state index in [9.17, 15) is 9.59 Å². The second kappa shape index (κ2) is 7.44. The van der Waals surface area contributed by atoms with E-state index >= 15 is 0 Å². The third kappa shape index (κ3) is 3.85. The molecule has 0 bridgehead atoms. The van der Waals surface area contributed by atoms with E-state index in [1.807, 2.05) is 6.92 Å². The highest BCUT2D eigenvalue weighted by atomic mass is 32.1. The van der Waals surface area contributed by atoms with E-state index in [1.165, 1.54) is 11.3 Å². The molecule has 0 unspecified atom stereocenters. The fourth-order valence-electron chi connectivity index (χ4n) is 2.38. The summed E-state index contributed by atoms with van der Waals surface area (Å²) in [6, 6.07) is 11.9. The van der Waals surface area contributed by atoms with E-state index in [1.54, 1.807) is 54.9 Å². The molecule has 3 aromatic rings. The van der Waals surface area contributed by atoms with Gasteiger partial charge in [0.05, 0.1) is 27.9 Å². The summed E-state index contributed by atoms with van der Waals surface area (Å²) in [4.78, 5) is 28.9. The summed E-state index contributed by atoms with van der Waals surface area (Å²) in [5.74, 6) is -0.0843. The SMILES string of the molecule is CCOc1ccc(C(=O)[C@H](C)OC(=O)c2ccc3ncsc3c2)cc1. The topological polar surface area (TPSA) is 65.5 Å². The van der Waals surface area contributed by atoms with Crippen molar-refractivity contribution in [3.8, 4) is 5.75 Å². The van der Waals surface area contributed by atoms with Gasteiger partial charge in [0.25, 0.3) is 0 Å². The molecule has 25 heavy (non-hydrogen) atoms. The number of carbonyl (C=O) groups is 2. The molecular weight excluding hydrogens is 338 g/mol. The van der Waals surface area contributed by atoms with Gasteiger partial charge in [-0.05, 0) is 56.3 Å². The Morgan fingerprint density at radius 1 is 1.12 bits per heavy atom. The second-order valence-corrected chi connectivity index (χ2v) is 6.29. The maximum Gasteiger partial charge on any atom is 0.338 e. The number of fused-ring (bicyclic) bond motifs is 1. The van der Waals surface area contributed by atoms with Gasteiger partial charge in [0.2, 0.25) is 5.78 Å². The van der Waals surface area contributed by atoms with Gasteiger partial charge in [0.1, 0.15) is 5.75 Å². The summed E-state index contributed by atoms with van der Waals surface area (Å²) < 4.78 is 11.6. The first-order valence-electron chi connectivity index (χ1n) is 7.90. The number of Topliss-reactive ketones (excluding diaryl/α,β-unsaturated/α-hetero) is 1. The first-order chi connectivity index (χ1) is 12.1. The van der Waals surface area contributed by atoms with E-state index < -0.39 is 12.1 Å². The molecule has 0 aliphatic rings. The van der Waals surface area contributed by atoms with E-state index in [4.69, 9.17) is 9.47 Å². The minimum absolute atomic E-state index is 0.254. The summed E-state index contributed by atoms with van der Waals surface area (Å²) in [6.07, 6.45) is -0.873. The van der Waals surface area contributed by atoms with Gasteiger partial charge in [-0.1, -0.05) is 0 Å². The number of ether oxygens (including phenoxy) is 2. The third-order valence-electron chi connectivity index (χ3n) is 3.67. The molecule has 0 N–H and O–H groups in total. The van der Waals surface area contributed by atoms with Crippen molar-refractivity contribution in [2.75, 3.05) is 6.61 Å². The van der Waals surface area contributed by atoms with Crippen LogP contribution < -0.4 is 4.74 Å². The molecule has 0 saturated heterocycles. The van der Waals surface area contributed by atoms with Crippen LogP contribution in [0.2, 0.25) is 0 Å². The first kappa shape index (κ1) is 17.1. The smallest absolute Gasteiger partial charge is 0.338 e. The highest BCUT2D eigenvalue weighted by Crippen LogP contribution is 2.20. The Labute approximate surface area is 149 Å². The van der Waals surface area contributed by atoms with Gasteiger partial charge in [-0.2, -0.15) is 0 Å². The Bertz CT molecular complexity index is 901. The molecule has 3 rings (SSSR count). The summed E-state index contributed by atoms with van der Waals surface area (Å²) in [5.41, 5.74) is 3.43. The monoisotopic (exact) mass is 355 g/mol. The van der Waals surface area contributed by atoms with Gasteiger partial charge >= 0.3 is 5.97 Å². The molecule has 0 aliphatic heterocycles. The number of nitrogens with zero attached hydrogens (tertiary/aromatic N) is 1. The predicted molar refractivity (Wildman–Crippen MR) is 96.4 cm³/mol. The Hall–Kier alpha value is -2.73. The second-order valence-electron chi connectivity index (χ2n) is 5.40. The summed E-state index contributed by atoms with van der Waals surface area (Å²) >= 11 is 1.45. The summed E-state index contributed by atoms with van der Waals surface area (Å²) in [6.45, 7) is 4.03. The summed E-state index contributed by atoms with van der Waals surface area (Å²) in [5, 5.41) is 0. The Balaban J connectivity index is 1.68. The van der Waals surface area contributed by atoms with Gasteiger partial charge in [0, 0.05) is 5.56 Å². The van der Waals surface area contributed by atoms with Crippen LogP contribution in [-0.4, -0.2) is 29.4 Å². The molecule has 1 aromatic heterocycles. The lowest BCUT2D eigenvalue weighted by Crippen LogP contribution is -2.24. The Morgan fingerprint density at radius 3 is 2.56 bits per heavy atom. The molecule has 0 aliphatic carbocycles. The van der Waals surface area contributed by atoms with Gasteiger partial charge in [-0.25, -0.2) is 9.78 Å². The average molecular weight is 355 g/mol. The lowest BCUT2D eigenvalue weighted by atomic mass is 10.1. The van der Waals surface area contributed by atoms with Crippen molar-refractivity contribution in [2.24, 2.45) is 0 Å². The molecule has 0 saturated carbocycles. The minimum atomic E-state index is -0.873. The van der Waals surface area contributed by atoms with Gasteiger partial charge in [-0.3, -0.25) is 4.79 Å². The molecule has 6 heteroatoms. The van der Waals surface area contributed by atoms with E-state index in [0.717, 1.165) is 10.2 Å². The number of carbonyl (C=O) groups excluding carboxylic acids is 2. The van der Waals surface area contributed by atoms with Crippen molar-refractivity contribution in [1.82, 2.24) is 4.98 Å². The van der Waals surface area contributed by atoms with Gasteiger partial charge in [-0.15, -0.1) is 11.3 Å². The highest BCUT2D eigenvalue weighted by molar-refractivity contribution is 7.16. The minimum Gasteiger partial charge on any atom is -0.494 e. The zero-order valence-corrected chi connectivity index (χ0v) is 14.7. The van der Waals surface area contributed by atoms with Crippen molar-refractivity contribution in [3.63, 3.8) is 0 Å². The van der Waals surface area contributed by atoms with Gasteiger partial charge < -0.3 is 9.47 Å². The summed E-state index contributed by atoms with van der Waals surface area (Å²) in [7, 11) is 0. The number of aromatic nitrogens is 1. The number of ketones is 1. The molecule has 1 heterocycles. The van der Waals surface area contributed by atoms with Crippen molar-refractivity contribution in [2.45, 2.75) is 20.0 Å².